The van der Waals surface area contributed by atoms with E-state index in [9.17, 15) is 9.59 Å². The Morgan fingerprint density at radius 1 is 1.19 bits per heavy atom. The second-order valence-corrected chi connectivity index (χ2v) is 6.95. The van der Waals surface area contributed by atoms with Crippen molar-refractivity contribution in [2.75, 3.05) is 25.5 Å². The number of nitrogens with zero attached hydrogens (tertiary/aromatic N) is 1. The van der Waals surface area contributed by atoms with E-state index < -0.39 is 0 Å². The molecule has 1 saturated heterocycles. The summed E-state index contributed by atoms with van der Waals surface area (Å²) in [7, 11) is 1.60. The van der Waals surface area contributed by atoms with Gasteiger partial charge in [-0.05, 0) is 44.0 Å². The molecule has 1 aliphatic heterocycles. The molecule has 3 unspecified atom stereocenters. The summed E-state index contributed by atoms with van der Waals surface area (Å²) < 4.78 is 5.11. The van der Waals surface area contributed by atoms with E-state index in [1.54, 1.807) is 36.3 Å². The van der Waals surface area contributed by atoms with Crippen LogP contribution in [0.5, 0.6) is 5.75 Å². The van der Waals surface area contributed by atoms with Crippen LogP contribution >= 0.6 is 0 Å². The Hall–Kier alpha value is -2.12. The standard InChI is InChI=1S/C19H28N4O3/c1-3-23(12-17(24)20-13-8-10-14(26-2)11-9-13)19(25)18-15-6-4-5-7-16(15)21-22-18/h8-11,15-16,18,21-22H,3-7,12H2,1-2H3,(H,20,24). The average molecular weight is 360 g/mol. The zero-order valence-corrected chi connectivity index (χ0v) is 15.5. The zero-order valence-electron chi connectivity index (χ0n) is 15.5. The average Bonchev–Trinajstić information content (AvgIpc) is 3.10. The minimum atomic E-state index is -0.242. The summed E-state index contributed by atoms with van der Waals surface area (Å²) in [6.45, 7) is 2.46. The summed E-state index contributed by atoms with van der Waals surface area (Å²) in [5, 5.41) is 2.84. The maximum Gasteiger partial charge on any atom is 0.243 e. The largest absolute Gasteiger partial charge is 0.497 e. The Kier molecular flexibility index (Phi) is 6.11. The van der Waals surface area contributed by atoms with E-state index in [4.69, 9.17) is 4.74 Å². The number of likely N-dealkylation sites (N-methyl/N-ethyl adjacent to an activating group) is 1. The molecule has 2 aliphatic rings. The topological polar surface area (TPSA) is 82.7 Å². The Bertz CT molecular complexity index is 634. The maximum absolute atomic E-state index is 12.9. The van der Waals surface area contributed by atoms with Gasteiger partial charge in [0.2, 0.25) is 11.8 Å². The van der Waals surface area contributed by atoms with Gasteiger partial charge in [-0.1, -0.05) is 12.8 Å². The molecule has 7 nitrogen and oxygen atoms in total. The van der Waals surface area contributed by atoms with Crippen LogP contribution in [0, 0.1) is 5.92 Å². The predicted molar refractivity (Wildman–Crippen MR) is 99.7 cm³/mol. The summed E-state index contributed by atoms with van der Waals surface area (Å²) in [5.41, 5.74) is 7.11. The molecule has 3 atom stereocenters. The first-order valence-electron chi connectivity index (χ1n) is 9.36. The van der Waals surface area contributed by atoms with E-state index in [2.05, 4.69) is 16.2 Å². The third-order valence-electron chi connectivity index (χ3n) is 5.34. The van der Waals surface area contributed by atoms with E-state index >= 15 is 0 Å². The Labute approximate surface area is 154 Å². The molecule has 1 heterocycles. The van der Waals surface area contributed by atoms with E-state index in [0.29, 0.717) is 24.2 Å². The van der Waals surface area contributed by atoms with Crippen molar-refractivity contribution >= 4 is 17.5 Å². The van der Waals surface area contributed by atoms with Crippen LogP contribution in [0.3, 0.4) is 0 Å². The van der Waals surface area contributed by atoms with Crippen LogP contribution in [-0.2, 0) is 9.59 Å². The van der Waals surface area contributed by atoms with Crippen molar-refractivity contribution in [2.24, 2.45) is 5.92 Å². The van der Waals surface area contributed by atoms with Gasteiger partial charge in [0.05, 0.1) is 13.7 Å². The van der Waals surface area contributed by atoms with E-state index in [-0.39, 0.29) is 24.4 Å². The Morgan fingerprint density at radius 2 is 1.92 bits per heavy atom. The molecule has 1 saturated carbocycles. The van der Waals surface area contributed by atoms with Gasteiger partial charge < -0.3 is 15.0 Å². The van der Waals surface area contributed by atoms with Crippen molar-refractivity contribution < 1.29 is 14.3 Å². The zero-order chi connectivity index (χ0) is 18.5. The fourth-order valence-corrected chi connectivity index (χ4v) is 3.88. The number of rotatable bonds is 6. The number of nitrogens with one attached hydrogen (secondary N) is 3. The van der Waals surface area contributed by atoms with E-state index in [1.165, 1.54) is 12.8 Å². The quantitative estimate of drug-likeness (QED) is 0.716. The van der Waals surface area contributed by atoms with E-state index in [0.717, 1.165) is 18.6 Å². The highest BCUT2D eigenvalue weighted by atomic mass is 16.5. The molecule has 2 fully saturated rings. The monoisotopic (exact) mass is 360 g/mol. The highest BCUT2D eigenvalue weighted by Gasteiger charge is 2.42. The summed E-state index contributed by atoms with van der Waals surface area (Å²) in [5.74, 6) is 0.848. The summed E-state index contributed by atoms with van der Waals surface area (Å²) in [4.78, 5) is 26.9. The fourth-order valence-electron chi connectivity index (χ4n) is 3.88. The molecule has 26 heavy (non-hydrogen) atoms. The molecular formula is C19H28N4O3. The number of anilines is 1. The second kappa shape index (κ2) is 8.51. The number of carbonyl (C=O) groups excluding carboxylic acids is 2. The van der Waals surface area contributed by atoms with Crippen LogP contribution in [-0.4, -0.2) is 49.0 Å². The van der Waals surface area contributed by atoms with Gasteiger partial charge in [-0.3, -0.25) is 15.0 Å². The molecule has 142 valence electrons. The first-order chi connectivity index (χ1) is 12.6. The Morgan fingerprint density at radius 3 is 2.62 bits per heavy atom. The highest BCUT2D eigenvalue weighted by Crippen LogP contribution is 2.30. The number of methoxy groups -OCH3 is 1. The van der Waals surface area contributed by atoms with Gasteiger partial charge in [-0.2, -0.15) is 0 Å². The lowest BCUT2D eigenvalue weighted by Crippen LogP contribution is -2.50. The predicted octanol–water partition coefficient (Wildman–Crippen LogP) is 1.52. The third kappa shape index (κ3) is 4.16. The number of carbonyl (C=O) groups is 2. The van der Waals surface area contributed by atoms with Gasteiger partial charge in [0.1, 0.15) is 11.8 Å². The number of amides is 2. The van der Waals surface area contributed by atoms with Crippen molar-refractivity contribution in [1.82, 2.24) is 15.8 Å². The van der Waals surface area contributed by atoms with Crippen LogP contribution in [0.2, 0.25) is 0 Å². The van der Waals surface area contributed by atoms with Gasteiger partial charge in [-0.15, -0.1) is 0 Å². The fraction of sp³-hybridized carbons (Fsp3) is 0.579. The minimum Gasteiger partial charge on any atom is -0.497 e. The summed E-state index contributed by atoms with van der Waals surface area (Å²) in [6.07, 6.45) is 4.53. The SMILES string of the molecule is CCN(CC(=O)Nc1ccc(OC)cc1)C(=O)C1NNC2CCCCC21. The van der Waals surface area contributed by atoms with Crippen LogP contribution in [0.1, 0.15) is 32.6 Å². The normalized spacial score (nSPS) is 24.6. The second-order valence-electron chi connectivity index (χ2n) is 6.95. The van der Waals surface area contributed by atoms with Gasteiger partial charge in [-0.25, -0.2) is 5.43 Å². The van der Waals surface area contributed by atoms with Gasteiger partial charge in [0.15, 0.2) is 0 Å². The van der Waals surface area contributed by atoms with Crippen molar-refractivity contribution in [3.05, 3.63) is 24.3 Å². The number of benzene rings is 1. The van der Waals surface area contributed by atoms with Crippen molar-refractivity contribution in [3.63, 3.8) is 0 Å². The molecule has 0 spiro atoms. The van der Waals surface area contributed by atoms with Crippen LogP contribution < -0.4 is 20.9 Å². The molecule has 0 radical (unpaired) electrons. The van der Waals surface area contributed by atoms with Crippen molar-refractivity contribution in [2.45, 2.75) is 44.7 Å². The van der Waals surface area contributed by atoms with E-state index in [1.807, 2.05) is 6.92 Å². The molecule has 1 aromatic rings. The first-order valence-corrected chi connectivity index (χ1v) is 9.36. The molecule has 3 N–H and O–H groups in total. The molecule has 2 amide bonds. The maximum atomic E-state index is 12.9. The minimum absolute atomic E-state index is 0.000666. The molecule has 0 bridgehead atoms. The molecule has 7 heteroatoms. The lowest BCUT2D eigenvalue weighted by Gasteiger charge is -2.30. The van der Waals surface area contributed by atoms with Gasteiger partial charge in [0, 0.05) is 24.2 Å². The third-order valence-corrected chi connectivity index (χ3v) is 5.34. The number of hydrazine groups is 1. The van der Waals surface area contributed by atoms with Crippen LogP contribution in [0.15, 0.2) is 24.3 Å². The molecule has 1 aromatic carbocycles. The van der Waals surface area contributed by atoms with Crippen molar-refractivity contribution in [1.29, 1.82) is 0 Å². The Balaban J connectivity index is 1.57. The summed E-state index contributed by atoms with van der Waals surface area (Å²) >= 11 is 0. The van der Waals surface area contributed by atoms with Crippen LogP contribution in [0.25, 0.3) is 0 Å². The molecule has 0 aromatic heterocycles. The lowest BCUT2D eigenvalue weighted by molar-refractivity contribution is -0.137. The van der Waals surface area contributed by atoms with Crippen LogP contribution in [0.4, 0.5) is 5.69 Å². The summed E-state index contributed by atoms with van der Waals surface area (Å²) in [6, 6.07) is 7.26. The van der Waals surface area contributed by atoms with Gasteiger partial charge in [0.25, 0.3) is 0 Å². The number of hydrogen-bond donors (Lipinski definition) is 3. The molecular weight excluding hydrogens is 332 g/mol. The lowest BCUT2D eigenvalue weighted by atomic mass is 9.81. The first kappa shape index (κ1) is 18.7. The smallest absolute Gasteiger partial charge is 0.243 e. The number of hydrogen-bond acceptors (Lipinski definition) is 5. The highest BCUT2D eigenvalue weighted by molar-refractivity contribution is 5.95. The molecule has 3 rings (SSSR count). The van der Waals surface area contributed by atoms with Gasteiger partial charge >= 0.3 is 0 Å². The van der Waals surface area contributed by atoms with Crippen molar-refractivity contribution in [3.8, 4) is 5.75 Å². The number of ether oxygens (including phenoxy) is 1. The number of fused-ring (bicyclic) bond motifs is 1. The molecule has 1 aliphatic carbocycles.